The van der Waals surface area contributed by atoms with Crippen LogP contribution in [0.3, 0.4) is 0 Å². The summed E-state index contributed by atoms with van der Waals surface area (Å²) in [7, 11) is -7.59. The van der Waals surface area contributed by atoms with Gasteiger partial charge in [0, 0.05) is 7.05 Å². The van der Waals surface area contributed by atoms with Crippen LogP contribution < -0.4 is 5.11 Å². The summed E-state index contributed by atoms with van der Waals surface area (Å²) in [6, 6.07) is 0. The maximum absolute atomic E-state index is 13.5. The van der Waals surface area contributed by atoms with E-state index in [9.17, 15) is 75.4 Å². The molecule has 0 aliphatic carbocycles. The first-order valence-electron chi connectivity index (χ1n) is 5.95. The Kier molecular flexibility index (Phi) is 6.40. The zero-order chi connectivity index (χ0) is 23.4. The SMILES string of the molecule is CN(CC(=O)[O-])S(=O)(=O)C(F)(F)C(F)(F)C(F)(F)C(F)(F)C(F)(F)C(F)(F)F. The summed E-state index contributed by atoms with van der Waals surface area (Å²) in [5.74, 6) is -35.3. The van der Waals surface area contributed by atoms with Crippen molar-refractivity contribution in [2.45, 2.75) is 35.1 Å². The van der Waals surface area contributed by atoms with Gasteiger partial charge in [-0.3, -0.25) is 0 Å². The minimum absolute atomic E-state index is 0.268. The highest BCUT2D eigenvalue weighted by Gasteiger charge is 2.92. The molecule has 168 valence electrons. The van der Waals surface area contributed by atoms with Gasteiger partial charge >= 0.3 is 35.1 Å². The lowest BCUT2D eigenvalue weighted by Gasteiger charge is -2.40. The minimum Gasteiger partial charge on any atom is -0.549 e. The van der Waals surface area contributed by atoms with Gasteiger partial charge in [-0.15, -0.1) is 0 Å². The first-order chi connectivity index (χ1) is 11.8. The average molecular weight is 470 g/mol. The molecule has 0 radical (unpaired) electrons. The van der Waals surface area contributed by atoms with Crippen molar-refractivity contribution in [1.82, 2.24) is 4.31 Å². The number of carboxylic acids is 1. The summed E-state index contributed by atoms with van der Waals surface area (Å²) in [5.41, 5.74) is 0. The number of rotatable bonds is 8. The van der Waals surface area contributed by atoms with E-state index in [2.05, 4.69) is 0 Å². The standard InChI is InChI=1S/C9H6F13NO4S/c1-23(2-3(24)25)28(26,27)9(21,22)7(16,17)5(12,13)4(10,11)6(14,15)8(18,19)20/h2H2,1H3,(H,24,25)/p-1. The smallest absolute Gasteiger partial charge is 0.460 e. The Morgan fingerprint density at radius 3 is 1.36 bits per heavy atom. The number of carbonyl (C=O) groups excluding carboxylic acids is 1. The number of aliphatic carboxylic acids is 1. The van der Waals surface area contributed by atoms with Crippen molar-refractivity contribution < 1.29 is 75.4 Å². The zero-order valence-corrected chi connectivity index (χ0v) is 13.4. The maximum atomic E-state index is 13.5. The van der Waals surface area contributed by atoms with Crippen molar-refractivity contribution in [3.63, 3.8) is 0 Å². The lowest BCUT2D eigenvalue weighted by atomic mass is 9.98. The van der Waals surface area contributed by atoms with Gasteiger partial charge in [0.2, 0.25) is 0 Å². The highest BCUT2D eigenvalue weighted by molar-refractivity contribution is 7.90. The van der Waals surface area contributed by atoms with Gasteiger partial charge in [-0.25, -0.2) is 8.42 Å². The number of alkyl halides is 13. The van der Waals surface area contributed by atoms with Crippen LogP contribution in [-0.4, -0.2) is 67.4 Å². The third kappa shape index (κ3) is 3.45. The van der Waals surface area contributed by atoms with Crippen LogP contribution in [0.25, 0.3) is 0 Å². The maximum Gasteiger partial charge on any atom is 0.460 e. The number of carbonyl (C=O) groups is 1. The lowest BCUT2D eigenvalue weighted by Crippen LogP contribution is -2.71. The quantitative estimate of drug-likeness (QED) is 0.507. The fraction of sp³-hybridized carbons (Fsp3) is 0.889. The van der Waals surface area contributed by atoms with E-state index in [1.165, 1.54) is 0 Å². The van der Waals surface area contributed by atoms with E-state index in [1.54, 1.807) is 0 Å². The Labute approximate surface area is 145 Å². The number of hydrogen-bond acceptors (Lipinski definition) is 4. The fourth-order valence-corrected chi connectivity index (χ4v) is 2.50. The third-order valence-electron chi connectivity index (χ3n) is 2.99. The average Bonchev–Trinajstić information content (AvgIpc) is 2.43. The molecule has 0 atom stereocenters. The zero-order valence-electron chi connectivity index (χ0n) is 12.6. The van der Waals surface area contributed by atoms with E-state index in [4.69, 9.17) is 0 Å². The van der Waals surface area contributed by atoms with Crippen molar-refractivity contribution in [1.29, 1.82) is 0 Å². The molecule has 0 spiro atoms. The van der Waals surface area contributed by atoms with E-state index >= 15 is 0 Å². The van der Waals surface area contributed by atoms with Gasteiger partial charge in [-0.2, -0.15) is 61.4 Å². The van der Waals surface area contributed by atoms with Crippen LogP contribution in [0.1, 0.15) is 0 Å². The van der Waals surface area contributed by atoms with Crippen LogP contribution in [0.5, 0.6) is 0 Å². The largest absolute Gasteiger partial charge is 0.549 e. The van der Waals surface area contributed by atoms with E-state index in [-0.39, 0.29) is 7.05 Å². The summed E-state index contributed by atoms with van der Waals surface area (Å²) in [4.78, 5) is 10.1. The van der Waals surface area contributed by atoms with Crippen LogP contribution in [-0.2, 0) is 14.8 Å². The molecule has 0 aliphatic heterocycles. The van der Waals surface area contributed by atoms with E-state index in [1.807, 2.05) is 0 Å². The van der Waals surface area contributed by atoms with E-state index < -0.39 is 62.0 Å². The van der Waals surface area contributed by atoms with Crippen molar-refractivity contribution in [2.24, 2.45) is 0 Å². The van der Waals surface area contributed by atoms with Gasteiger partial charge < -0.3 is 9.90 Å². The highest BCUT2D eigenvalue weighted by atomic mass is 32.2. The Morgan fingerprint density at radius 1 is 0.750 bits per heavy atom. The summed E-state index contributed by atoms with van der Waals surface area (Å²) < 4.78 is 188. The summed E-state index contributed by atoms with van der Waals surface area (Å²) in [6.07, 6.45) is -7.64. The second-order valence-electron chi connectivity index (χ2n) is 4.95. The number of likely N-dealkylation sites (N-methyl/N-ethyl adjacent to an activating group) is 1. The molecule has 0 unspecified atom stereocenters. The molecule has 0 saturated heterocycles. The van der Waals surface area contributed by atoms with E-state index in [0.29, 0.717) is 0 Å². The predicted octanol–water partition coefficient (Wildman–Crippen LogP) is 1.69. The van der Waals surface area contributed by atoms with Crippen molar-refractivity contribution in [3.05, 3.63) is 0 Å². The van der Waals surface area contributed by atoms with Crippen LogP contribution in [0.15, 0.2) is 0 Å². The molecule has 28 heavy (non-hydrogen) atoms. The van der Waals surface area contributed by atoms with Crippen LogP contribution >= 0.6 is 0 Å². The van der Waals surface area contributed by atoms with Gasteiger partial charge in [-0.05, 0) is 0 Å². The van der Waals surface area contributed by atoms with Gasteiger partial charge in [0.25, 0.3) is 10.0 Å². The van der Waals surface area contributed by atoms with Crippen LogP contribution in [0, 0.1) is 0 Å². The van der Waals surface area contributed by atoms with Gasteiger partial charge in [0.05, 0.1) is 12.5 Å². The normalized spacial score (nSPS) is 15.8. The fourth-order valence-electron chi connectivity index (χ4n) is 1.38. The number of carboxylic acid groups (broad SMARTS) is 1. The van der Waals surface area contributed by atoms with Gasteiger partial charge in [-0.1, -0.05) is 0 Å². The first kappa shape index (κ1) is 26.5. The molecule has 0 bridgehead atoms. The molecule has 0 heterocycles. The second-order valence-corrected chi connectivity index (χ2v) is 7.03. The minimum atomic E-state index is -8.31. The molecule has 0 saturated carbocycles. The Balaban J connectivity index is 6.59. The molecule has 0 aromatic carbocycles. The molecular formula is C9H5F13NO4S-. The Hall–Kier alpha value is -1.53. The molecule has 0 fully saturated rings. The lowest BCUT2D eigenvalue weighted by molar-refractivity contribution is -0.433. The first-order valence-corrected chi connectivity index (χ1v) is 7.39. The number of hydrogen-bond donors (Lipinski definition) is 0. The van der Waals surface area contributed by atoms with Crippen LogP contribution in [0.2, 0.25) is 0 Å². The topological polar surface area (TPSA) is 77.5 Å². The Bertz CT molecular complexity index is 714. The third-order valence-corrected chi connectivity index (χ3v) is 4.84. The number of halogens is 13. The molecule has 5 nitrogen and oxygen atoms in total. The highest BCUT2D eigenvalue weighted by Crippen LogP contribution is 2.61. The van der Waals surface area contributed by atoms with E-state index in [0.717, 1.165) is 0 Å². The number of sulfonamides is 1. The summed E-state index contributed by atoms with van der Waals surface area (Å²) >= 11 is 0. The van der Waals surface area contributed by atoms with Gasteiger partial charge in [0.15, 0.2) is 0 Å². The Morgan fingerprint density at radius 2 is 1.07 bits per heavy atom. The monoisotopic (exact) mass is 470 g/mol. The molecule has 0 aromatic rings. The predicted molar refractivity (Wildman–Crippen MR) is 57.3 cm³/mol. The van der Waals surface area contributed by atoms with Gasteiger partial charge in [0.1, 0.15) is 0 Å². The molecule has 19 heteroatoms. The van der Waals surface area contributed by atoms with Crippen LogP contribution in [0.4, 0.5) is 57.1 Å². The molecule has 0 rings (SSSR count). The molecule has 0 aliphatic rings. The molecule has 0 N–H and O–H groups in total. The van der Waals surface area contributed by atoms with Crippen molar-refractivity contribution in [3.8, 4) is 0 Å². The van der Waals surface area contributed by atoms with Crippen molar-refractivity contribution >= 4 is 16.0 Å². The number of nitrogens with zero attached hydrogens (tertiary/aromatic N) is 1. The molecule has 0 amide bonds. The molecular weight excluding hydrogens is 465 g/mol. The van der Waals surface area contributed by atoms with Crippen molar-refractivity contribution in [2.75, 3.05) is 13.6 Å². The molecule has 0 aromatic heterocycles. The summed E-state index contributed by atoms with van der Waals surface area (Å²) in [5, 5.41) is 2.62. The summed E-state index contributed by atoms with van der Waals surface area (Å²) in [6.45, 7) is -2.23. The second kappa shape index (κ2) is 6.77.